The minimum absolute atomic E-state index is 0.442. The first-order valence-electron chi connectivity index (χ1n) is 5.53. The van der Waals surface area contributed by atoms with Gasteiger partial charge in [0.1, 0.15) is 5.82 Å². The third-order valence-electron chi connectivity index (χ3n) is 2.50. The Balaban J connectivity index is 2.34. The van der Waals surface area contributed by atoms with E-state index in [1.54, 1.807) is 24.5 Å². The van der Waals surface area contributed by atoms with E-state index in [1.807, 2.05) is 10.8 Å². The van der Waals surface area contributed by atoms with Crippen molar-refractivity contribution in [1.29, 1.82) is 0 Å². The summed E-state index contributed by atoms with van der Waals surface area (Å²) >= 11 is 6.01. The number of aliphatic hydroxyl groups excluding tert-OH is 1. The van der Waals surface area contributed by atoms with Crippen molar-refractivity contribution in [3.05, 3.63) is 47.3 Å². The van der Waals surface area contributed by atoms with E-state index >= 15 is 0 Å². The third-order valence-corrected chi connectivity index (χ3v) is 2.82. The van der Waals surface area contributed by atoms with Crippen LogP contribution in [-0.4, -0.2) is 19.6 Å². The molecule has 2 heterocycles. The second kappa shape index (κ2) is 5.29. The van der Waals surface area contributed by atoms with Crippen LogP contribution in [0.3, 0.4) is 0 Å². The summed E-state index contributed by atoms with van der Waals surface area (Å²) in [6.45, 7) is 2.89. The van der Waals surface area contributed by atoms with Crippen LogP contribution < -0.4 is 0 Å². The molecule has 0 aliphatic carbocycles. The number of halogens is 1. The molecule has 0 saturated carbocycles. The van der Waals surface area contributed by atoms with Crippen LogP contribution in [0.5, 0.6) is 0 Å². The normalized spacial score (nSPS) is 12.6. The summed E-state index contributed by atoms with van der Waals surface area (Å²) in [7, 11) is 0. The monoisotopic (exact) mass is 251 g/mol. The van der Waals surface area contributed by atoms with E-state index in [9.17, 15) is 5.11 Å². The van der Waals surface area contributed by atoms with Gasteiger partial charge in [-0.3, -0.25) is 4.98 Å². The predicted molar refractivity (Wildman–Crippen MR) is 65.8 cm³/mol. The maximum atomic E-state index is 10.2. The smallest absolute Gasteiger partial charge is 0.155 e. The molecule has 1 unspecified atom stereocenters. The van der Waals surface area contributed by atoms with Crippen LogP contribution in [0, 0.1) is 0 Å². The summed E-state index contributed by atoms with van der Waals surface area (Å²) in [4.78, 5) is 8.27. The second-order valence-electron chi connectivity index (χ2n) is 3.75. The molecule has 90 valence electrons. The van der Waals surface area contributed by atoms with Gasteiger partial charge in [0.25, 0.3) is 0 Å². The minimum atomic E-state index is -0.884. The molecular weight excluding hydrogens is 238 g/mol. The standard InChI is InChI=1S/C12H14ClN3O/c1-2-7-16-8-6-15-12(16)11(17)10-9(13)4-3-5-14-10/h3-6,8,11,17H,2,7H2,1H3. The van der Waals surface area contributed by atoms with E-state index in [0.29, 0.717) is 16.5 Å². The molecule has 0 amide bonds. The van der Waals surface area contributed by atoms with Crippen LogP contribution >= 0.6 is 11.6 Å². The van der Waals surface area contributed by atoms with Crippen LogP contribution in [0.15, 0.2) is 30.7 Å². The number of hydrogen-bond donors (Lipinski definition) is 1. The molecule has 0 aromatic carbocycles. The van der Waals surface area contributed by atoms with Crippen molar-refractivity contribution in [3.8, 4) is 0 Å². The summed E-state index contributed by atoms with van der Waals surface area (Å²) in [6, 6.07) is 3.44. The number of imidazole rings is 1. The van der Waals surface area contributed by atoms with Crippen molar-refractivity contribution >= 4 is 11.6 Å². The van der Waals surface area contributed by atoms with Crippen molar-refractivity contribution in [2.75, 3.05) is 0 Å². The van der Waals surface area contributed by atoms with Gasteiger partial charge < -0.3 is 9.67 Å². The van der Waals surface area contributed by atoms with E-state index in [-0.39, 0.29) is 0 Å². The zero-order valence-electron chi connectivity index (χ0n) is 9.55. The Morgan fingerprint density at radius 3 is 2.94 bits per heavy atom. The zero-order chi connectivity index (χ0) is 12.3. The first-order chi connectivity index (χ1) is 8.24. The molecule has 0 radical (unpaired) electrons. The quantitative estimate of drug-likeness (QED) is 0.908. The Morgan fingerprint density at radius 1 is 1.41 bits per heavy atom. The lowest BCUT2D eigenvalue weighted by Crippen LogP contribution is -2.11. The number of hydrogen-bond acceptors (Lipinski definition) is 3. The fraction of sp³-hybridized carbons (Fsp3) is 0.333. The van der Waals surface area contributed by atoms with Crippen LogP contribution in [0.4, 0.5) is 0 Å². The summed E-state index contributed by atoms with van der Waals surface area (Å²) in [5, 5.41) is 10.7. The summed E-state index contributed by atoms with van der Waals surface area (Å²) in [5.74, 6) is 0.576. The number of pyridine rings is 1. The van der Waals surface area contributed by atoms with Crippen LogP contribution in [0.25, 0.3) is 0 Å². The van der Waals surface area contributed by atoms with Gasteiger partial charge in [-0.2, -0.15) is 0 Å². The first-order valence-corrected chi connectivity index (χ1v) is 5.91. The van der Waals surface area contributed by atoms with Crippen molar-refractivity contribution in [2.45, 2.75) is 26.0 Å². The van der Waals surface area contributed by atoms with Gasteiger partial charge in [-0.15, -0.1) is 0 Å². The molecule has 0 fully saturated rings. The summed E-state index contributed by atoms with van der Waals surface area (Å²) < 4.78 is 1.91. The van der Waals surface area contributed by atoms with Gasteiger partial charge in [-0.1, -0.05) is 18.5 Å². The van der Waals surface area contributed by atoms with E-state index in [4.69, 9.17) is 11.6 Å². The van der Waals surface area contributed by atoms with Crippen molar-refractivity contribution < 1.29 is 5.11 Å². The van der Waals surface area contributed by atoms with E-state index in [0.717, 1.165) is 13.0 Å². The Hall–Kier alpha value is -1.39. The molecule has 5 heteroatoms. The molecule has 2 aromatic rings. The fourth-order valence-corrected chi connectivity index (χ4v) is 1.94. The molecule has 0 saturated heterocycles. The van der Waals surface area contributed by atoms with Gasteiger partial charge in [0.15, 0.2) is 6.10 Å². The lowest BCUT2D eigenvalue weighted by molar-refractivity contribution is 0.199. The van der Waals surface area contributed by atoms with Gasteiger partial charge in [-0.05, 0) is 18.6 Å². The molecule has 0 aliphatic rings. The molecule has 2 rings (SSSR count). The number of aryl methyl sites for hydroxylation is 1. The lowest BCUT2D eigenvalue weighted by atomic mass is 10.2. The SMILES string of the molecule is CCCn1ccnc1C(O)c1ncccc1Cl. The number of nitrogens with zero attached hydrogens (tertiary/aromatic N) is 3. The third kappa shape index (κ3) is 2.48. The van der Waals surface area contributed by atoms with E-state index < -0.39 is 6.10 Å². The fourth-order valence-electron chi connectivity index (χ4n) is 1.72. The maximum Gasteiger partial charge on any atom is 0.155 e. The highest BCUT2D eigenvalue weighted by Crippen LogP contribution is 2.25. The van der Waals surface area contributed by atoms with Gasteiger partial charge >= 0.3 is 0 Å². The average Bonchev–Trinajstić information content (AvgIpc) is 2.78. The van der Waals surface area contributed by atoms with Gasteiger partial charge in [0, 0.05) is 25.1 Å². The highest BCUT2D eigenvalue weighted by Gasteiger charge is 2.19. The first kappa shape index (κ1) is 12.1. The Labute approximate surface area is 105 Å². The summed E-state index contributed by atoms with van der Waals surface area (Å²) in [5.41, 5.74) is 0.442. The molecule has 0 aliphatic heterocycles. The van der Waals surface area contributed by atoms with E-state index in [1.165, 1.54) is 0 Å². The Bertz CT molecular complexity index is 498. The minimum Gasteiger partial charge on any atom is -0.379 e. The number of aliphatic hydroxyl groups is 1. The van der Waals surface area contributed by atoms with Gasteiger partial charge in [0.2, 0.25) is 0 Å². The Morgan fingerprint density at radius 2 is 2.24 bits per heavy atom. The van der Waals surface area contributed by atoms with E-state index in [2.05, 4.69) is 16.9 Å². The zero-order valence-corrected chi connectivity index (χ0v) is 10.3. The Kier molecular flexibility index (Phi) is 3.76. The molecule has 2 aromatic heterocycles. The number of rotatable bonds is 4. The topological polar surface area (TPSA) is 50.9 Å². The molecule has 4 nitrogen and oxygen atoms in total. The van der Waals surface area contributed by atoms with Crippen LogP contribution in [0.1, 0.15) is 31.0 Å². The lowest BCUT2D eigenvalue weighted by Gasteiger charge is -2.13. The van der Waals surface area contributed by atoms with Crippen molar-refractivity contribution in [2.24, 2.45) is 0 Å². The molecule has 0 spiro atoms. The second-order valence-corrected chi connectivity index (χ2v) is 4.16. The maximum absolute atomic E-state index is 10.2. The molecule has 17 heavy (non-hydrogen) atoms. The summed E-state index contributed by atoms with van der Waals surface area (Å²) in [6.07, 6.45) is 5.22. The van der Waals surface area contributed by atoms with Gasteiger partial charge in [-0.25, -0.2) is 4.98 Å². The highest BCUT2D eigenvalue weighted by molar-refractivity contribution is 6.31. The molecule has 0 bridgehead atoms. The van der Waals surface area contributed by atoms with Crippen LogP contribution in [-0.2, 0) is 6.54 Å². The van der Waals surface area contributed by atoms with Crippen molar-refractivity contribution in [1.82, 2.24) is 14.5 Å². The largest absolute Gasteiger partial charge is 0.379 e. The molecule has 1 atom stereocenters. The number of aromatic nitrogens is 3. The highest BCUT2D eigenvalue weighted by atomic mass is 35.5. The molecular formula is C12H14ClN3O. The average molecular weight is 252 g/mol. The van der Waals surface area contributed by atoms with Crippen LogP contribution in [0.2, 0.25) is 5.02 Å². The van der Waals surface area contributed by atoms with Crippen molar-refractivity contribution in [3.63, 3.8) is 0 Å². The predicted octanol–water partition coefficient (Wildman–Crippen LogP) is 2.42. The van der Waals surface area contributed by atoms with Gasteiger partial charge in [0.05, 0.1) is 10.7 Å². The molecule has 1 N–H and O–H groups in total.